The van der Waals surface area contributed by atoms with Crippen molar-refractivity contribution in [3.05, 3.63) is 41.7 Å². The number of benzene rings is 1. The van der Waals surface area contributed by atoms with E-state index in [0.29, 0.717) is 23.2 Å². The summed E-state index contributed by atoms with van der Waals surface area (Å²) in [4.78, 5) is 15.5. The van der Waals surface area contributed by atoms with Crippen LogP contribution in [-0.4, -0.2) is 15.3 Å². The molecule has 0 saturated carbocycles. The molecule has 0 radical (unpaired) electrons. The standard InChI is InChI=1S/C13H13ClN2O2/c1-2-10(17)9-16-8-7-15-13(16)18-12-6-4-3-5-11(12)14/h3-8H,2,9H2,1H3. The van der Waals surface area contributed by atoms with Crippen molar-refractivity contribution in [2.75, 3.05) is 0 Å². The summed E-state index contributed by atoms with van der Waals surface area (Å²) < 4.78 is 7.26. The number of hydrogen-bond donors (Lipinski definition) is 0. The third-order valence-electron chi connectivity index (χ3n) is 2.46. The van der Waals surface area contributed by atoms with Gasteiger partial charge in [0.25, 0.3) is 0 Å². The fourth-order valence-electron chi connectivity index (χ4n) is 1.45. The first kappa shape index (κ1) is 12.6. The molecule has 1 aromatic heterocycles. The number of imidazole rings is 1. The minimum Gasteiger partial charge on any atom is -0.424 e. The Hall–Kier alpha value is -1.81. The second-order valence-electron chi connectivity index (χ2n) is 3.76. The van der Waals surface area contributed by atoms with Gasteiger partial charge in [0.2, 0.25) is 0 Å². The normalized spacial score (nSPS) is 10.3. The van der Waals surface area contributed by atoms with Gasteiger partial charge in [0.15, 0.2) is 5.78 Å². The molecule has 4 nitrogen and oxygen atoms in total. The molecule has 1 heterocycles. The lowest BCUT2D eigenvalue weighted by Gasteiger charge is -2.08. The third-order valence-corrected chi connectivity index (χ3v) is 2.77. The summed E-state index contributed by atoms with van der Waals surface area (Å²) in [6, 6.07) is 7.50. The molecule has 0 bridgehead atoms. The average Bonchev–Trinajstić information content (AvgIpc) is 2.79. The zero-order valence-electron chi connectivity index (χ0n) is 9.97. The van der Waals surface area contributed by atoms with E-state index < -0.39 is 0 Å². The first-order chi connectivity index (χ1) is 8.70. The van der Waals surface area contributed by atoms with E-state index in [1.54, 1.807) is 29.1 Å². The van der Waals surface area contributed by atoms with Crippen LogP contribution in [0.25, 0.3) is 0 Å². The van der Waals surface area contributed by atoms with Crippen LogP contribution in [0.3, 0.4) is 0 Å². The van der Waals surface area contributed by atoms with Crippen LogP contribution >= 0.6 is 11.6 Å². The molecule has 0 aliphatic rings. The third kappa shape index (κ3) is 2.90. The van der Waals surface area contributed by atoms with Gasteiger partial charge in [-0.15, -0.1) is 0 Å². The fraction of sp³-hybridized carbons (Fsp3) is 0.231. The largest absolute Gasteiger partial charge is 0.424 e. The number of nitrogens with zero attached hydrogens (tertiary/aromatic N) is 2. The lowest BCUT2D eigenvalue weighted by Crippen LogP contribution is -2.09. The SMILES string of the molecule is CCC(=O)Cn1ccnc1Oc1ccccc1Cl. The Morgan fingerprint density at radius 2 is 2.22 bits per heavy atom. The van der Waals surface area contributed by atoms with Crippen molar-refractivity contribution in [1.82, 2.24) is 9.55 Å². The van der Waals surface area contributed by atoms with Gasteiger partial charge in [0, 0.05) is 18.8 Å². The first-order valence-electron chi connectivity index (χ1n) is 5.66. The van der Waals surface area contributed by atoms with Crippen molar-refractivity contribution < 1.29 is 9.53 Å². The van der Waals surface area contributed by atoms with E-state index in [2.05, 4.69) is 4.98 Å². The maximum Gasteiger partial charge on any atom is 0.302 e. The summed E-state index contributed by atoms with van der Waals surface area (Å²) >= 11 is 6.00. The van der Waals surface area contributed by atoms with Gasteiger partial charge >= 0.3 is 6.01 Å². The number of aromatic nitrogens is 2. The second-order valence-corrected chi connectivity index (χ2v) is 4.17. The molecule has 18 heavy (non-hydrogen) atoms. The number of Topliss-reactive ketones (excluding diaryl/α,β-unsaturated/α-hetero) is 1. The zero-order valence-corrected chi connectivity index (χ0v) is 10.7. The molecule has 0 aliphatic carbocycles. The number of ether oxygens (including phenoxy) is 1. The Balaban J connectivity index is 2.18. The summed E-state index contributed by atoms with van der Waals surface area (Å²) in [7, 11) is 0. The van der Waals surface area contributed by atoms with Crippen molar-refractivity contribution in [3.63, 3.8) is 0 Å². The van der Waals surface area contributed by atoms with E-state index in [1.807, 2.05) is 19.1 Å². The summed E-state index contributed by atoms with van der Waals surface area (Å²) in [5.74, 6) is 0.646. The molecule has 0 unspecified atom stereocenters. The molecule has 2 rings (SSSR count). The molecule has 0 atom stereocenters. The number of rotatable bonds is 5. The van der Waals surface area contributed by atoms with Gasteiger partial charge < -0.3 is 4.74 Å². The molecular weight excluding hydrogens is 252 g/mol. The molecule has 0 amide bonds. The molecule has 1 aromatic carbocycles. The van der Waals surface area contributed by atoms with Gasteiger partial charge in [-0.1, -0.05) is 30.7 Å². The monoisotopic (exact) mass is 264 g/mol. The van der Waals surface area contributed by atoms with Gasteiger partial charge in [0.1, 0.15) is 5.75 Å². The van der Waals surface area contributed by atoms with Crippen LogP contribution in [0.15, 0.2) is 36.7 Å². The maximum absolute atomic E-state index is 11.4. The predicted octanol–water partition coefficient (Wildman–Crippen LogP) is 3.31. The van der Waals surface area contributed by atoms with E-state index in [4.69, 9.17) is 16.3 Å². The van der Waals surface area contributed by atoms with Crippen LogP contribution in [-0.2, 0) is 11.3 Å². The highest BCUT2D eigenvalue weighted by atomic mass is 35.5. The Labute approximate surface area is 110 Å². The van der Waals surface area contributed by atoms with Gasteiger partial charge in [-0.2, -0.15) is 0 Å². The lowest BCUT2D eigenvalue weighted by atomic mass is 10.3. The second kappa shape index (κ2) is 5.69. The Kier molecular flexibility index (Phi) is 3.99. The number of ketones is 1. The van der Waals surface area contributed by atoms with E-state index in [1.165, 1.54) is 0 Å². The Morgan fingerprint density at radius 1 is 1.44 bits per heavy atom. The Bertz CT molecular complexity index is 551. The molecule has 0 aliphatic heterocycles. The minimum absolute atomic E-state index is 0.122. The maximum atomic E-state index is 11.4. The van der Waals surface area contributed by atoms with Gasteiger partial charge in [-0.3, -0.25) is 9.36 Å². The highest BCUT2D eigenvalue weighted by Gasteiger charge is 2.10. The van der Waals surface area contributed by atoms with Crippen molar-refractivity contribution in [1.29, 1.82) is 0 Å². The van der Waals surface area contributed by atoms with E-state index in [-0.39, 0.29) is 12.3 Å². The molecule has 0 N–H and O–H groups in total. The number of halogens is 1. The van der Waals surface area contributed by atoms with Crippen LogP contribution in [0.5, 0.6) is 11.8 Å². The number of para-hydroxylation sites is 1. The van der Waals surface area contributed by atoms with E-state index >= 15 is 0 Å². The average molecular weight is 265 g/mol. The number of carbonyl (C=O) groups is 1. The van der Waals surface area contributed by atoms with E-state index in [0.717, 1.165) is 0 Å². The number of carbonyl (C=O) groups excluding carboxylic acids is 1. The highest BCUT2D eigenvalue weighted by molar-refractivity contribution is 6.32. The van der Waals surface area contributed by atoms with Crippen molar-refractivity contribution in [2.45, 2.75) is 19.9 Å². The summed E-state index contributed by atoms with van der Waals surface area (Å²) in [5.41, 5.74) is 0. The summed E-state index contributed by atoms with van der Waals surface area (Å²) in [6.45, 7) is 2.09. The predicted molar refractivity (Wildman–Crippen MR) is 69.1 cm³/mol. The van der Waals surface area contributed by atoms with Crippen molar-refractivity contribution in [3.8, 4) is 11.8 Å². The van der Waals surface area contributed by atoms with Crippen LogP contribution in [0.4, 0.5) is 0 Å². The smallest absolute Gasteiger partial charge is 0.302 e. The quantitative estimate of drug-likeness (QED) is 0.832. The van der Waals surface area contributed by atoms with Crippen LogP contribution in [0.1, 0.15) is 13.3 Å². The highest BCUT2D eigenvalue weighted by Crippen LogP contribution is 2.27. The topological polar surface area (TPSA) is 44.1 Å². The van der Waals surface area contributed by atoms with Crippen LogP contribution in [0, 0.1) is 0 Å². The summed E-state index contributed by atoms with van der Waals surface area (Å²) in [5, 5.41) is 0.508. The van der Waals surface area contributed by atoms with Crippen LogP contribution < -0.4 is 4.74 Å². The molecule has 94 valence electrons. The Morgan fingerprint density at radius 3 is 2.94 bits per heavy atom. The van der Waals surface area contributed by atoms with Crippen molar-refractivity contribution in [2.24, 2.45) is 0 Å². The van der Waals surface area contributed by atoms with Gasteiger partial charge in [0.05, 0.1) is 11.6 Å². The molecular formula is C13H13ClN2O2. The van der Waals surface area contributed by atoms with Gasteiger partial charge in [-0.25, -0.2) is 4.98 Å². The summed E-state index contributed by atoms with van der Waals surface area (Å²) in [6.07, 6.45) is 3.79. The fourth-order valence-corrected chi connectivity index (χ4v) is 1.62. The molecule has 0 fully saturated rings. The van der Waals surface area contributed by atoms with E-state index in [9.17, 15) is 4.79 Å². The molecule has 5 heteroatoms. The van der Waals surface area contributed by atoms with Crippen molar-refractivity contribution >= 4 is 17.4 Å². The van der Waals surface area contributed by atoms with Crippen LogP contribution in [0.2, 0.25) is 5.02 Å². The molecule has 0 saturated heterocycles. The zero-order chi connectivity index (χ0) is 13.0. The lowest BCUT2D eigenvalue weighted by molar-refractivity contribution is -0.119. The molecule has 0 spiro atoms. The number of hydrogen-bond acceptors (Lipinski definition) is 3. The molecule has 2 aromatic rings. The first-order valence-corrected chi connectivity index (χ1v) is 6.03. The minimum atomic E-state index is 0.122. The van der Waals surface area contributed by atoms with Gasteiger partial charge in [-0.05, 0) is 12.1 Å².